The average molecular weight is 389 g/mol. The molecule has 0 atom stereocenters. The fraction of sp³-hybridized carbons (Fsp3) is 0.176. The topological polar surface area (TPSA) is 99.2 Å². The van der Waals surface area contributed by atoms with Gasteiger partial charge in [-0.3, -0.25) is 4.98 Å². The number of nitrogens with zero attached hydrogens (tertiary/aromatic N) is 4. The zero-order valence-corrected chi connectivity index (χ0v) is 15.0. The molecule has 0 unspecified atom stereocenters. The zero-order valence-electron chi connectivity index (χ0n) is 13.4. The predicted molar refractivity (Wildman–Crippen MR) is 95.2 cm³/mol. The molecule has 2 aromatic heterocycles. The first kappa shape index (κ1) is 16.8. The summed E-state index contributed by atoms with van der Waals surface area (Å²) in [7, 11) is -3.93. The lowest BCUT2D eigenvalue weighted by molar-refractivity contribution is 0.318. The maximum absolute atomic E-state index is 13.1. The van der Waals surface area contributed by atoms with E-state index in [0.717, 1.165) is 0 Å². The second-order valence-electron chi connectivity index (χ2n) is 5.91. The molecule has 7 nitrogen and oxygen atoms in total. The number of nitriles is 1. The molecule has 0 fully saturated rings. The first-order valence-electron chi connectivity index (χ1n) is 7.78. The highest BCUT2D eigenvalue weighted by Gasteiger charge is 2.33. The van der Waals surface area contributed by atoms with Crippen LogP contribution in [0, 0.1) is 11.3 Å². The van der Waals surface area contributed by atoms with Gasteiger partial charge in [-0.15, -0.1) is 0 Å². The summed E-state index contributed by atoms with van der Waals surface area (Å²) in [4.78, 5) is 4.16. The summed E-state index contributed by atoms with van der Waals surface area (Å²) in [5.74, 6) is 0.0839. The molecule has 1 aromatic carbocycles. The van der Waals surface area contributed by atoms with Crippen molar-refractivity contribution >= 4 is 32.5 Å². The van der Waals surface area contributed by atoms with Crippen molar-refractivity contribution in [2.24, 2.45) is 0 Å². The first-order chi connectivity index (χ1) is 12.4. The Morgan fingerprint density at radius 3 is 2.85 bits per heavy atom. The Morgan fingerprint density at radius 2 is 2.08 bits per heavy atom. The maximum atomic E-state index is 13.1. The van der Waals surface area contributed by atoms with E-state index in [1.165, 1.54) is 22.5 Å². The Bertz CT molecular complexity index is 1180. The Morgan fingerprint density at radius 1 is 1.27 bits per heavy atom. The van der Waals surface area contributed by atoms with Crippen molar-refractivity contribution in [3.05, 3.63) is 52.8 Å². The first-order valence-corrected chi connectivity index (χ1v) is 9.60. The number of sulfonamides is 1. The van der Waals surface area contributed by atoms with E-state index in [4.69, 9.17) is 11.6 Å². The number of benzene rings is 1. The smallest absolute Gasteiger partial charge is 0.244 e. The lowest BCUT2D eigenvalue weighted by Crippen LogP contribution is -2.38. The summed E-state index contributed by atoms with van der Waals surface area (Å²) in [6, 6.07) is 9.52. The Hall–Kier alpha value is -2.60. The van der Waals surface area contributed by atoms with Gasteiger partial charge < -0.3 is 9.67 Å². The van der Waals surface area contributed by atoms with Crippen LogP contribution in [0.2, 0.25) is 5.02 Å². The fourth-order valence-electron chi connectivity index (χ4n) is 3.22. The summed E-state index contributed by atoms with van der Waals surface area (Å²) in [6.45, 7) is 0.508. The van der Waals surface area contributed by atoms with Gasteiger partial charge in [0, 0.05) is 24.3 Å². The summed E-state index contributed by atoms with van der Waals surface area (Å²) < 4.78 is 29.1. The minimum Gasteiger partial charge on any atom is -0.494 e. The lowest BCUT2D eigenvalue weighted by Gasteiger charge is -2.28. The monoisotopic (exact) mass is 388 g/mol. The number of aromatic hydroxyl groups is 1. The SMILES string of the molecule is N#Cc1ccc(Cl)cc1S(=O)(=O)N1CCn2c(O)c3cccnc3c2C1. The largest absolute Gasteiger partial charge is 0.494 e. The van der Waals surface area contributed by atoms with Crippen molar-refractivity contribution < 1.29 is 13.5 Å². The summed E-state index contributed by atoms with van der Waals surface area (Å²) >= 11 is 5.94. The van der Waals surface area contributed by atoms with Crippen molar-refractivity contribution in [1.82, 2.24) is 13.9 Å². The normalized spacial score (nSPS) is 14.9. The van der Waals surface area contributed by atoms with Crippen LogP contribution < -0.4 is 0 Å². The zero-order chi connectivity index (χ0) is 18.5. The Kier molecular flexibility index (Phi) is 3.88. The molecule has 0 saturated carbocycles. The van der Waals surface area contributed by atoms with E-state index in [2.05, 4.69) is 4.98 Å². The highest BCUT2D eigenvalue weighted by molar-refractivity contribution is 7.89. The van der Waals surface area contributed by atoms with Crippen molar-refractivity contribution in [3.63, 3.8) is 0 Å². The lowest BCUT2D eigenvalue weighted by atomic mass is 10.2. The second kappa shape index (κ2) is 5.99. The third-order valence-corrected chi connectivity index (χ3v) is 6.60. The van der Waals surface area contributed by atoms with Gasteiger partial charge in [0.2, 0.25) is 15.9 Å². The van der Waals surface area contributed by atoms with Crippen LogP contribution >= 0.6 is 11.6 Å². The van der Waals surface area contributed by atoms with Crippen LogP contribution in [0.15, 0.2) is 41.4 Å². The van der Waals surface area contributed by atoms with Crippen molar-refractivity contribution in [3.8, 4) is 11.9 Å². The molecule has 1 aliphatic rings. The van der Waals surface area contributed by atoms with Gasteiger partial charge >= 0.3 is 0 Å². The van der Waals surface area contributed by atoms with E-state index >= 15 is 0 Å². The molecule has 0 saturated heterocycles. The van der Waals surface area contributed by atoms with Crippen LogP contribution in [-0.2, 0) is 23.1 Å². The Labute approximate surface area is 154 Å². The van der Waals surface area contributed by atoms with E-state index in [0.29, 0.717) is 23.1 Å². The number of hydrogen-bond donors (Lipinski definition) is 1. The highest BCUT2D eigenvalue weighted by atomic mass is 35.5. The van der Waals surface area contributed by atoms with E-state index in [1.54, 1.807) is 22.9 Å². The molecule has 9 heteroatoms. The summed E-state index contributed by atoms with van der Waals surface area (Å²) in [6.07, 6.45) is 1.60. The molecule has 26 heavy (non-hydrogen) atoms. The fourth-order valence-corrected chi connectivity index (χ4v) is 5.02. The van der Waals surface area contributed by atoms with Gasteiger partial charge in [0.25, 0.3) is 0 Å². The van der Waals surface area contributed by atoms with Gasteiger partial charge in [0.05, 0.1) is 28.7 Å². The highest BCUT2D eigenvalue weighted by Crippen LogP contribution is 2.35. The molecular formula is C17H13ClN4O3S. The third kappa shape index (κ3) is 2.44. The van der Waals surface area contributed by atoms with Crippen LogP contribution in [0.1, 0.15) is 11.3 Å². The molecule has 0 bridgehead atoms. The van der Waals surface area contributed by atoms with Gasteiger partial charge in [-0.1, -0.05) is 11.6 Å². The van der Waals surface area contributed by atoms with Gasteiger partial charge in [-0.25, -0.2) is 8.42 Å². The molecule has 1 aliphatic heterocycles. The van der Waals surface area contributed by atoms with Gasteiger partial charge in [0.1, 0.15) is 11.0 Å². The molecule has 3 aromatic rings. The van der Waals surface area contributed by atoms with Crippen LogP contribution in [0.5, 0.6) is 5.88 Å². The molecule has 4 rings (SSSR count). The average Bonchev–Trinajstić information content (AvgIpc) is 2.94. The number of halogens is 1. The van der Waals surface area contributed by atoms with Crippen LogP contribution in [-0.4, -0.2) is 33.9 Å². The predicted octanol–water partition coefficient (Wildman–Crippen LogP) is 2.47. The van der Waals surface area contributed by atoms with E-state index in [9.17, 15) is 18.8 Å². The summed E-state index contributed by atoms with van der Waals surface area (Å²) in [5, 5.41) is 20.4. The molecule has 0 amide bonds. The van der Waals surface area contributed by atoms with Crippen LogP contribution in [0.3, 0.4) is 0 Å². The number of pyridine rings is 1. The summed E-state index contributed by atoms with van der Waals surface area (Å²) in [5.41, 5.74) is 1.23. The van der Waals surface area contributed by atoms with Gasteiger partial charge in [0.15, 0.2) is 0 Å². The van der Waals surface area contributed by atoms with Crippen LogP contribution in [0.4, 0.5) is 0 Å². The Balaban J connectivity index is 1.81. The molecule has 1 N–H and O–H groups in total. The second-order valence-corrected chi connectivity index (χ2v) is 8.26. The van der Waals surface area contributed by atoms with Gasteiger partial charge in [-0.05, 0) is 30.3 Å². The minimum atomic E-state index is -3.93. The molecule has 0 spiro atoms. The number of hydrogen-bond acceptors (Lipinski definition) is 5. The number of fused-ring (bicyclic) bond motifs is 3. The van der Waals surface area contributed by atoms with Crippen molar-refractivity contribution in [2.45, 2.75) is 18.0 Å². The molecule has 3 heterocycles. The molecule has 132 valence electrons. The molecular weight excluding hydrogens is 376 g/mol. The number of aromatic nitrogens is 2. The van der Waals surface area contributed by atoms with E-state index < -0.39 is 10.0 Å². The molecule has 0 radical (unpaired) electrons. The van der Waals surface area contributed by atoms with Gasteiger partial charge in [-0.2, -0.15) is 9.57 Å². The minimum absolute atomic E-state index is 0.0428. The van der Waals surface area contributed by atoms with Crippen molar-refractivity contribution in [1.29, 1.82) is 5.26 Å². The standard InChI is InChI=1S/C17H13ClN4O3S/c18-12-4-3-11(9-19)15(8-12)26(24,25)21-6-7-22-14(10-21)16-13(17(22)23)2-1-5-20-16/h1-5,8,23H,6-7,10H2. The van der Waals surface area contributed by atoms with Crippen LogP contribution in [0.25, 0.3) is 10.9 Å². The van der Waals surface area contributed by atoms with E-state index in [1.807, 2.05) is 6.07 Å². The number of rotatable bonds is 2. The van der Waals surface area contributed by atoms with E-state index in [-0.39, 0.29) is 34.5 Å². The molecule has 0 aliphatic carbocycles. The van der Waals surface area contributed by atoms with Crippen molar-refractivity contribution in [2.75, 3.05) is 6.54 Å². The quantitative estimate of drug-likeness (QED) is 0.727. The maximum Gasteiger partial charge on any atom is 0.244 e. The third-order valence-electron chi connectivity index (χ3n) is 4.48.